The van der Waals surface area contributed by atoms with E-state index < -0.39 is 0 Å². The molecule has 5 nitrogen and oxygen atoms in total. The summed E-state index contributed by atoms with van der Waals surface area (Å²) in [5.74, 6) is 0.986. The van der Waals surface area contributed by atoms with Crippen LogP contribution in [0.1, 0.15) is 25.3 Å². The Morgan fingerprint density at radius 2 is 2.12 bits per heavy atom. The van der Waals surface area contributed by atoms with E-state index in [9.17, 15) is 4.39 Å². The molecule has 130 valence electrons. The Labute approximate surface area is 146 Å². The third-order valence-electron chi connectivity index (χ3n) is 4.54. The molecule has 1 atom stereocenters. The summed E-state index contributed by atoms with van der Waals surface area (Å²) in [5.41, 5.74) is 2.19. The van der Waals surface area contributed by atoms with E-state index in [0.29, 0.717) is 17.9 Å². The molecule has 2 aromatic heterocycles. The zero-order chi connectivity index (χ0) is 17.4. The average molecular weight is 340 g/mol. The van der Waals surface area contributed by atoms with E-state index in [-0.39, 0.29) is 17.7 Å². The maximum atomic E-state index is 14.3. The van der Waals surface area contributed by atoms with E-state index in [0.717, 1.165) is 24.5 Å². The van der Waals surface area contributed by atoms with Gasteiger partial charge in [-0.15, -0.1) is 0 Å². The van der Waals surface area contributed by atoms with Gasteiger partial charge in [0.05, 0.1) is 13.2 Å². The number of benzene rings is 1. The maximum absolute atomic E-state index is 14.3. The lowest BCUT2D eigenvalue weighted by Gasteiger charge is -2.25. The minimum atomic E-state index is -0.257. The molecule has 0 fully saturated rings. The summed E-state index contributed by atoms with van der Waals surface area (Å²) < 4.78 is 24.2. The van der Waals surface area contributed by atoms with Gasteiger partial charge in [-0.05, 0) is 24.1 Å². The number of hydrogen-bond acceptors (Lipinski definition) is 3. The molecular weight excluding hydrogens is 319 g/mol. The van der Waals surface area contributed by atoms with Crippen LogP contribution in [0.2, 0.25) is 0 Å². The van der Waals surface area contributed by atoms with Gasteiger partial charge in [-0.25, -0.2) is 9.07 Å². The molecule has 0 aliphatic carbocycles. The molecule has 1 aromatic carbocycles. The van der Waals surface area contributed by atoms with Gasteiger partial charge in [-0.3, -0.25) is 4.68 Å². The first-order valence-electron chi connectivity index (χ1n) is 8.59. The standard InChI is InChI=1S/C19H21FN4O/c1-13(2)17-18(15-6-3-4-7-16(15)20)22-24-11-14(12-25-19(17)24)10-23-9-5-8-21-23/h3-9,13-14H,10-12H2,1-2H3. The second kappa shape index (κ2) is 6.35. The third kappa shape index (κ3) is 2.92. The minimum absolute atomic E-state index is 0.195. The zero-order valence-electron chi connectivity index (χ0n) is 14.4. The Balaban J connectivity index is 1.70. The molecule has 1 aliphatic rings. The fourth-order valence-electron chi connectivity index (χ4n) is 3.39. The van der Waals surface area contributed by atoms with Gasteiger partial charge in [0.15, 0.2) is 0 Å². The van der Waals surface area contributed by atoms with Crippen molar-refractivity contribution in [3.63, 3.8) is 0 Å². The number of ether oxygens (including phenoxy) is 1. The molecule has 4 rings (SSSR count). The van der Waals surface area contributed by atoms with Crippen molar-refractivity contribution < 1.29 is 9.13 Å². The molecule has 1 aliphatic heterocycles. The van der Waals surface area contributed by atoms with Crippen molar-refractivity contribution in [1.82, 2.24) is 19.6 Å². The van der Waals surface area contributed by atoms with E-state index in [2.05, 4.69) is 18.9 Å². The smallest absolute Gasteiger partial charge is 0.215 e. The second-order valence-electron chi connectivity index (χ2n) is 6.79. The summed E-state index contributed by atoms with van der Waals surface area (Å²) in [4.78, 5) is 0. The quantitative estimate of drug-likeness (QED) is 0.727. The first-order chi connectivity index (χ1) is 12.1. The Morgan fingerprint density at radius 1 is 1.28 bits per heavy atom. The van der Waals surface area contributed by atoms with Crippen LogP contribution in [0.4, 0.5) is 4.39 Å². The summed E-state index contributed by atoms with van der Waals surface area (Å²) in [5, 5.41) is 8.96. The van der Waals surface area contributed by atoms with Crippen LogP contribution < -0.4 is 4.74 Å². The summed E-state index contributed by atoms with van der Waals surface area (Å²) >= 11 is 0. The van der Waals surface area contributed by atoms with E-state index in [4.69, 9.17) is 9.84 Å². The van der Waals surface area contributed by atoms with Gasteiger partial charge < -0.3 is 4.74 Å². The fourth-order valence-corrected chi connectivity index (χ4v) is 3.39. The molecule has 1 unspecified atom stereocenters. The molecule has 3 aromatic rings. The van der Waals surface area contributed by atoms with Crippen molar-refractivity contribution in [3.05, 3.63) is 54.1 Å². The van der Waals surface area contributed by atoms with Crippen molar-refractivity contribution in [3.8, 4) is 17.1 Å². The van der Waals surface area contributed by atoms with Crippen LogP contribution in [0.3, 0.4) is 0 Å². The highest BCUT2D eigenvalue weighted by Crippen LogP contribution is 2.39. The number of fused-ring (bicyclic) bond motifs is 1. The summed E-state index contributed by atoms with van der Waals surface area (Å²) in [6.07, 6.45) is 3.72. The van der Waals surface area contributed by atoms with E-state index in [1.165, 1.54) is 6.07 Å². The Kier molecular flexibility index (Phi) is 4.03. The Morgan fingerprint density at radius 3 is 2.84 bits per heavy atom. The van der Waals surface area contributed by atoms with Crippen molar-refractivity contribution in [1.29, 1.82) is 0 Å². The molecule has 0 N–H and O–H groups in total. The third-order valence-corrected chi connectivity index (χ3v) is 4.54. The highest BCUT2D eigenvalue weighted by atomic mass is 19.1. The van der Waals surface area contributed by atoms with E-state index in [1.807, 2.05) is 27.7 Å². The van der Waals surface area contributed by atoms with Crippen LogP contribution >= 0.6 is 0 Å². The monoisotopic (exact) mass is 340 g/mol. The second-order valence-corrected chi connectivity index (χ2v) is 6.79. The van der Waals surface area contributed by atoms with Gasteiger partial charge in [0.1, 0.15) is 11.5 Å². The minimum Gasteiger partial charge on any atom is -0.477 e. The highest BCUT2D eigenvalue weighted by Gasteiger charge is 2.29. The topological polar surface area (TPSA) is 44.9 Å². The van der Waals surface area contributed by atoms with Crippen molar-refractivity contribution >= 4 is 0 Å². The van der Waals surface area contributed by atoms with Crippen molar-refractivity contribution in [2.75, 3.05) is 6.61 Å². The normalized spacial score (nSPS) is 16.7. The molecule has 0 amide bonds. The lowest BCUT2D eigenvalue weighted by Crippen LogP contribution is -2.29. The largest absolute Gasteiger partial charge is 0.477 e. The highest BCUT2D eigenvalue weighted by molar-refractivity contribution is 5.67. The summed E-state index contributed by atoms with van der Waals surface area (Å²) in [6, 6.07) is 8.69. The lowest BCUT2D eigenvalue weighted by molar-refractivity contribution is 0.146. The van der Waals surface area contributed by atoms with Gasteiger partial charge in [0, 0.05) is 36.0 Å². The number of halogens is 1. The molecule has 0 spiro atoms. The molecule has 0 radical (unpaired) electrons. The summed E-state index contributed by atoms with van der Waals surface area (Å²) in [7, 11) is 0. The predicted octanol–water partition coefficient (Wildman–Crippen LogP) is 3.72. The van der Waals surface area contributed by atoms with Crippen LogP contribution in [0.15, 0.2) is 42.7 Å². The SMILES string of the molecule is CC(C)c1c(-c2ccccc2F)nn2c1OCC(Cn1cccn1)C2. The van der Waals surface area contributed by atoms with Crippen molar-refractivity contribution in [2.45, 2.75) is 32.9 Å². The Bertz CT molecular complexity index is 870. The van der Waals surface area contributed by atoms with Crippen molar-refractivity contribution in [2.24, 2.45) is 5.92 Å². The van der Waals surface area contributed by atoms with Crippen LogP contribution in [-0.4, -0.2) is 26.2 Å². The van der Waals surface area contributed by atoms with Crippen LogP contribution in [0.25, 0.3) is 11.3 Å². The summed E-state index contributed by atoms with van der Waals surface area (Å²) in [6.45, 7) is 6.30. The molecular formula is C19H21FN4O. The number of aromatic nitrogens is 4. The first-order valence-corrected chi connectivity index (χ1v) is 8.59. The van der Waals surface area contributed by atoms with Gasteiger partial charge in [-0.1, -0.05) is 26.0 Å². The predicted molar refractivity (Wildman–Crippen MR) is 92.9 cm³/mol. The number of nitrogens with zero attached hydrogens (tertiary/aromatic N) is 4. The fraction of sp³-hybridized carbons (Fsp3) is 0.368. The lowest BCUT2D eigenvalue weighted by atomic mass is 9.98. The van der Waals surface area contributed by atoms with Gasteiger partial charge in [-0.2, -0.15) is 10.2 Å². The van der Waals surface area contributed by atoms with Crippen LogP contribution in [0.5, 0.6) is 5.88 Å². The van der Waals surface area contributed by atoms with Crippen LogP contribution in [-0.2, 0) is 13.1 Å². The van der Waals surface area contributed by atoms with Gasteiger partial charge in [0.2, 0.25) is 5.88 Å². The molecule has 3 heterocycles. The number of rotatable bonds is 4. The molecule has 0 saturated heterocycles. The first kappa shape index (κ1) is 15.9. The molecule has 0 saturated carbocycles. The molecule has 6 heteroatoms. The van der Waals surface area contributed by atoms with E-state index >= 15 is 0 Å². The number of hydrogen-bond donors (Lipinski definition) is 0. The maximum Gasteiger partial charge on any atom is 0.215 e. The van der Waals surface area contributed by atoms with Gasteiger partial charge >= 0.3 is 0 Å². The average Bonchev–Trinajstić information content (AvgIpc) is 3.22. The van der Waals surface area contributed by atoms with Crippen LogP contribution in [0, 0.1) is 11.7 Å². The van der Waals surface area contributed by atoms with E-state index in [1.54, 1.807) is 18.3 Å². The Hall–Kier alpha value is -2.63. The zero-order valence-corrected chi connectivity index (χ0v) is 14.4. The molecule has 0 bridgehead atoms. The molecule has 25 heavy (non-hydrogen) atoms. The van der Waals surface area contributed by atoms with Gasteiger partial charge in [0.25, 0.3) is 0 Å².